The Morgan fingerprint density at radius 1 is 0.870 bits per heavy atom. The van der Waals surface area contributed by atoms with Gasteiger partial charge in [0.1, 0.15) is 11.6 Å². The number of benzene rings is 2. The van der Waals surface area contributed by atoms with Gasteiger partial charge in [-0.1, -0.05) is 59.6 Å². The van der Waals surface area contributed by atoms with Gasteiger partial charge in [0.15, 0.2) is 5.82 Å². The molecule has 0 radical (unpaired) electrons. The maximum atomic E-state index is 6.20. The lowest BCUT2D eigenvalue weighted by molar-refractivity contribution is 1.10. The Labute approximate surface area is 144 Å². The topological polar surface area (TPSA) is 77.8 Å². The Hall–Kier alpha value is -2.30. The second-order valence-corrected chi connectivity index (χ2v) is 5.92. The Morgan fingerprint density at radius 2 is 1.52 bits per heavy atom. The van der Waals surface area contributed by atoms with E-state index in [-0.39, 0.29) is 0 Å². The minimum absolute atomic E-state index is 0.349. The summed E-state index contributed by atoms with van der Waals surface area (Å²) in [5.41, 5.74) is 14.6. The normalized spacial score (nSPS) is 10.7. The lowest BCUT2D eigenvalue weighted by Gasteiger charge is -2.11. The molecule has 0 fully saturated rings. The summed E-state index contributed by atoms with van der Waals surface area (Å²) in [5.74, 6) is 1.20. The van der Waals surface area contributed by atoms with Crippen LogP contribution < -0.4 is 11.5 Å². The van der Waals surface area contributed by atoms with Crippen LogP contribution in [0.1, 0.15) is 11.1 Å². The van der Waals surface area contributed by atoms with Crippen LogP contribution in [-0.4, -0.2) is 9.97 Å². The number of anilines is 2. The molecular weight excluding hydrogens is 331 g/mol. The van der Waals surface area contributed by atoms with E-state index in [1.54, 1.807) is 12.1 Å². The van der Waals surface area contributed by atoms with Gasteiger partial charge in [-0.15, -0.1) is 0 Å². The number of nitrogens with zero attached hydrogens (tertiary/aromatic N) is 2. The molecule has 0 saturated heterocycles. The van der Waals surface area contributed by atoms with E-state index in [1.165, 1.54) is 0 Å². The van der Waals surface area contributed by atoms with E-state index in [4.69, 9.17) is 34.7 Å². The second-order valence-electron chi connectivity index (χ2n) is 5.07. The quantitative estimate of drug-likeness (QED) is 0.746. The predicted octanol–water partition coefficient (Wildman–Crippen LogP) is 4.21. The minimum Gasteiger partial charge on any atom is -0.383 e. The van der Waals surface area contributed by atoms with Gasteiger partial charge in [0.25, 0.3) is 0 Å². The lowest BCUT2D eigenvalue weighted by Crippen LogP contribution is -2.08. The van der Waals surface area contributed by atoms with Gasteiger partial charge in [-0.3, -0.25) is 0 Å². The van der Waals surface area contributed by atoms with Crippen molar-refractivity contribution >= 4 is 34.8 Å². The van der Waals surface area contributed by atoms with Crippen molar-refractivity contribution in [3.63, 3.8) is 0 Å². The SMILES string of the molecule is Nc1nc(-c2ccccc2)nc(N)c1Cc1ccc(Cl)cc1Cl. The van der Waals surface area contributed by atoms with E-state index < -0.39 is 0 Å². The van der Waals surface area contributed by atoms with Crippen LogP contribution in [0.2, 0.25) is 10.0 Å². The highest BCUT2D eigenvalue weighted by Gasteiger charge is 2.13. The van der Waals surface area contributed by atoms with E-state index in [0.717, 1.165) is 11.1 Å². The van der Waals surface area contributed by atoms with Crippen LogP contribution in [0.3, 0.4) is 0 Å². The number of aromatic nitrogens is 2. The van der Waals surface area contributed by atoms with Gasteiger partial charge in [0.2, 0.25) is 0 Å². The van der Waals surface area contributed by atoms with Crippen LogP contribution in [0.25, 0.3) is 11.4 Å². The van der Waals surface area contributed by atoms with Gasteiger partial charge in [0, 0.05) is 27.6 Å². The molecule has 3 rings (SSSR count). The molecule has 0 aliphatic carbocycles. The molecule has 6 heteroatoms. The number of hydrogen-bond donors (Lipinski definition) is 2. The highest BCUT2D eigenvalue weighted by molar-refractivity contribution is 6.35. The van der Waals surface area contributed by atoms with Crippen LogP contribution in [0.4, 0.5) is 11.6 Å². The average molecular weight is 345 g/mol. The summed E-state index contributed by atoms with van der Waals surface area (Å²) in [4.78, 5) is 8.73. The second kappa shape index (κ2) is 6.44. The maximum absolute atomic E-state index is 6.20. The zero-order valence-corrected chi connectivity index (χ0v) is 13.6. The molecule has 0 atom stereocenters. The van der Waals surface area contributed by atoms with Crippen LogP contribution in [0.5, 0.6) is 0 Å². The lowest BCUT2D eigenvalue weighted by atomic mass is 10.1. The van der Waals surface area contributed by atoms with Gasteiger partial charge in [-0.05, 0) is 17.7 Å². The molecule has 3 aromatic rings. The first kappa shape index (κ1) is 15.6. The number of nitrogen functional groups attached to an aromatic ring is 2. The molecule has 0 aliphatic heterocycles. The van der Waals surface area contributed by atoms with Crippen molar-refractivity contribution in [2.45, 2.75) is 6.42 Å². The minimum atomic E-state index is 0.349. The van der Waals surface area contributed by atoms with Gasteiger partial charge in [-0.25, -0.2) is 9.97 Å². The Bertz CT molecular complexity index is 827. The summed E-state index contributed by atoms with van der Waals surface area (Å²) in [7, 11) is 0. The predicted molar refractivity (Wildman–Crippen MR) is 95.6 cm³/mol. The highest BCUT2D eigenvalue weighted by atomic mass is 35.5. The van der Waals surface area contributed by atoms with Gasteiger partial charge >= 0.3 is 0 Å². The molecular formula is C17H14Cl2N4. The van der Waals surface area contributed by atoms with Gasteiger partial charge in [0.05, 0.1) is 0 Å². The Balaban J connectivity index is 1.98. The van der Waals surface area contributed by atoms with Crippen molar-refractivity contribution in [1.82, 2.24) is 9.97 Å². The monoisotopic (exact) mass is 344 g/mol. The maximum Gasteiger partial charge on any atom is 0.163 e. The summed E-state index contributed by atoms with van der Waals surface area (Å²) in [5, 5.41) is 1.14. The van der Waals surface area contributed by atoms with Gasteiger partial charge in [-0.2, -0.15) is 0 Å². The molecule has 0 amide bonds. The van der Waals surface area contributed by atoms with E-state index >= 15 is 0 Å². The first-order valence-electron chi connectivity index (χ1n) is 6.96. The molecule has 0 spiro atoms. The van der Waals surface area contributed by atoms with Crippen molar-refractivity contribution in [3.05, 3.63) is 69.7 Å². The number of rotatable bonds is 3. The summed E-state index contributed by atoms with van der Waals surface area (Å²) >= 11 is 12.1. The highest BCUT2D eigenvalue weighted by Crippen LogP contribution is 2.28. The summed E-state index contributed by atoms with van der Waals surface area (Å²) < 4.78 is 0. The third-order valence-electron chi connectivity index (χ3n) is 3.49. The fourth-order valence-corrected chi connectivity index (χ4v) is 2.75. The standard InChI is InChI=1S/C17H14Cl2N4/c18-12-7-6-11(14(19)9-12)8-13-15(20)22-17(23-16(13)21)10-4-2-1-3-5-10/h1-7,9H,8H2,(H4,20,21,22,23). The molecule has 1 aromatic heterocycles. The van der Waals surface area contributed by atoms with Crippen LogP contribution in [-0.2, 0) is 6.42 Å². The van der Waals surface area contributed by atoms with Crippen molar-refractivity contribution in [2.24, 2.45) is 0 Å². The largest absolute Gasteiger partial charge is 0.383 e. The molecule has 0 saturated carbocycles. The first-order valence-corrected chi connectivity index (χ1v) is 7.71. The van der Waals surface area contributed by atoms with Crippen LogP contribution in [0.15, 0.2) is 48.5 Å². The number of nitrogens with two attached hydrogens (primary N) is 2. The van der Waals surface area contributed by atoms with E-state index in [0.29, 0.717) is 39.5 Å². The van der Waals surface area contributed by atoms with Crippen LogP contribution >= 0.6 is 23.2 Å². The molecule has 23 heavy (non-hydrogen) atoms. The smallest absolute Gasteiger partial charge is 0.163 e. The summed E-state index contributed by atoms with van der Waals surface area (Å²) in [6.45, 7) is 0. The molecule has 0 aliphatic rings. The third-order valence-corrected chi connectivity index (χ3v) is 4.07. The fraction of sp³-hybridized carbons (Fsp3) is 0.0588. The fourth-order valence-electron chi connectivity index (χ4n) is 2.27. The molecule has 0 unspecified atom stereocenters. The first-order chi connectivity index (χ1) is 11.0. The number of halogens is 2. The zero-order chi connectivity index (χ0) is 16.4. The molecule has 116 valence electrons. The Kier molecular flexibility index (Phi) is 4.37. The molecule has 4 nitrogen and oxygen atoms in total. The van der Waals surface area contributed by atoms with E-state index in [2.05, 4.69) is 9.97 Å². The number of hydrogen-bond acceptors (Lipinski definition) is 4. The van der Waals surface area contributed by atoms with Gasteiger partial charge < -0.3 is 11.5 Å². The average Bonchev–Trinajstić information content (AvgIpc) is 2.53. The van der Waals surface area contributed by atoms with Crippen LogP contribution in [0, 0.1) is 0 Å². The Morgan fingerprint density at radius 3 is 2.13 bits per heavy atom. The molecule has 2 aromatic carbocycles. The third kappa shape index (κ3) is 3.38. The summed E-state index contributed by atoms with van der Waals surface area (Å²) in [6, 6.07) is 14.9. The van der Waals surface area contributed by atoms with Crippen molar-refractivity contribution in [1.29, 1.82) is 0 Å². The zero-order valence-electron chi connectivity index (χ0n) is 12.1. The van der Waals surface area contributed by atoms with E-state index in [9.17, 15) is 0 Å². The molecule has 0 bridgehead atoms. The summed E-state index contributed by atoms with van der Waals surface area (Å²) in [6.07, 6.45) is 0.447. The van der Waals surface area contributed by atoms with Crippen molar-refractivity contribution in [3.8, 4) is 11.4 Å². The van der Waals surface area contributed by atoms with Crippen molar-refractivity contribution < 1.29 is 0 Å². The molecule has 1 heterocycles. The van der Waals surface area contributed by atoms with E-state index in [1.807, 2.05) is 36.4 Å². The van der Waals surface area contributed by atoms with Crippen molar-refractivity contribution in [2.75, 3.05) is 11.5 Å². The molecule has 4 N–H and O–H groups in total.